The zero-order chi connectivity index (χ0) is 15.6. The molecule has 2 amide bonds. The van der Waals surface area contributed by atoms with Crippen LogP contribution in [0.1, 0.15) is 23.4 Å². The summed E-state index contributed by atoms with van der Waals surface area (Å²) >= 11 is 0. The van der Waals surface area contributed by atoms with E-state index in [2.05, 4.69) is 15.7 Å². The highest BCUT2D eigenvalue weighted by molar-refractivity contribution is 5.86. The first-order chi connectivity index (χ1) is 9.85. The molecule has 1 aliphatic heterocycles. The number of rotatable bonds is 4. The number of carbonyl (C=O) groups excluding carboxylic acids is 1. The van der Waals surface area contributed by atoms with Gasteiger partial charge in [-0.3, -0.25) is 4.68 Å². The predicted octanol–water partition coefficient (Wildman–Crippen LogP) is 0.0798. The molecule has 1 aromatic rings. The van der Waals surface area contributed by atoms with Crippen molar-refractivity contribution in [1.82, 2.24) is 20.4 Å². The van der Waals surface area contributed by atoms with Crippen LogP contribution in [0.5, 0.6) is 0 Å². The van der Waals surface area contributed by atoms with Crippen molar-refractivity contribution < 1.29 is 19.4 Å². The minimum atomic E-state index is -1.33. The highest BCUT2D eigenvalue weighted by Crippen LogP contribution is 2.19. The minimum absolute atomic E-state index is 0.0132. The van der Waals surface area contributed by atoms with Crippen LogP contribution in [0.4, 0.5) is 4.79 Å². The summed E-state index contributed by atoms with van der Waals surface area (Å²) in [5, 5.41) is 18.7. The fraction of sp³-hybridized carbons (Fsp3) is 0.615. The molecule has 2 heterocycles. The van der Waals surface area contributed by atoms with Gasteiger partial charge in [0.05, 0.1) is 12.3 Å². The van der Waals surface area contributed by atoms with Crippen LogP contribution in [0.15, 0.2) is 0 Å². The van der Waals surface area contributed by atoms with E-state index in [1.807, 2.05) is 20.9 Å². The van der Waals surface area contributed by atoms with Crippen LogP contribution in [-0.2, 0) is 23.1 Å². The molecular weight excluding hydrogens is 276 g/mol. The summed E-state index contributed by atoms with van der Waals surface area (Å²) < 4.78 is 6.83. The number of carboxylic acids is 1. The zero-order valence-corrected chi connectivity index (χ0v) is 12.4. The zero-order valence-electron chi connectivity index (χ0n) is 12.4. The third-order valence-corrected chi connectivity index (χ3v) is 3.87. The van der Waals surface area contributed by atoms with Crippen LogP contribution in [0, 0.1) is 13.8 Å². The number of aliphatic carboxylic acids is 1. The van der Waals surface area contributed by atoms with Gasteiger partial charge in [-0.15, -0.1) is 0 Å². The molecular formula is C13H20N4O4. The molecule has 1 aromatic heterocycles. The summed E-state index contributed by atoms with van der Waals surface area (Å²) in [6.45, 7) is 4.39. The number of urea groups is 1. The number of hydrogen-bond donors (Lipinski definition) is 3. The van der Waals surface area contributed by atoms with Gasteiger partial charge in [0.25, 0.3) is 0 Å². The van der Waals surface area contributed by atoms with Crippen molar-refractivity contribution in [2.75, 3.05) is 13.2 Å². The van der Waals surface area contributed by atoms with Crippen molar-refractivity contribution in [2.45, 2.75) is 32.4 Å². The van der Waals surface area contributed by atoms with Crippen LogP contribution >= 0.6 is 0 Å². The van der Waals surface area contributed by atoms with E-state index in [1.54, 1.807) is 4.68 Å². The number of aromatic nitrogens is 2. The summed E-state index contributed by atoms with van der Waals surface area (Å²) in [5.74, 6) is -1.08. The summed E-state index contributed by atoms with van der Waals surface area (Å²) in [5.41, 5.74) is 1.40. The van der Waals surface area contributed by atoms with E-state index in [1.165, 1.54) is 0 Å². The number of ether oxygens (including phenoxy) is 1. The first-order valence-electron chi connectivity index (χ1n) is 6.72. The normalized spacial score (nSPS) is 21.3. The number of aryl methyl sites for hydroxylation is 2. The molecule has 1 unspecified atom stereocenters. The van der Waals surface area contributed by atoms with Crippen molar-refractivity contribution in [1.29, 1.82) is 0 Å². The lowest BCUT2D eigenvalue weighted by Crippen LogP contribution is -2.57. The Morgan fingerprint density at radius 2 is 2.19 bits per heavy atom. The first-order valence-corrected chi connectivity index (χ1v) is 6.72. The highest BCUT2D eigenvalue weighted by atomic mass is 16.5. The number of nitrogens with zero attached hydrogens (tertiary/aromatic N) is 2. The molecule has 1 fully saturated rings. The number of nitrogens with one attached hydrogen (secondary N) is 2. The molecule has 0 saturated carbocycles. The summed E-state index contributed by atoms with van der Waals surface area (Å²) in [6.07, 6.45) is 0.265. The molecule has 0 spiro atoms. The number of carboxylic acid groups (broad SMARTS) is 1. The van der Waals surface area contributed by atoms with E-state index >= 15 is 0 Å². The Hall–Kier alpha value is -2.09. The largest absolute Gasteiger partial charge is 0.479 e. The fourth-order valence-electron chi connectivity index (χ4n) is 2.39. The van der Waals surface area contributed by atoms with Crippen LogP contribution in [-0.4, -0.2) is 45.6 Å². The Morgan fingerprint density at radius 3 is 2.67 bits per heavy atom. The van der Waals surface area contributed by atoms with E-state index in [0.717, 1.165) is 17.0 Å². The van der Waals surface area contributed by atoms with Gasteiger partial charge in [-0.05, 0) is 13.8 Å². The maximum atomic E-state index is 11.9. The molecule has 0 aliphatic carbocycles. The van der Waals surface area contributed by atoms with E-state index in [-0.39, 0.29) is 13.0 Å². The van der Waals surface area contributed by atoms with Crippen molar-refractivity contribution in [3.63, 3.8) is 0 Å². The fourth-order valence-corrected chi connectivity index (χ4v) is 2.39. The van der Waals surface area contributed by atoms with Gasteiger partial charge in [0.1, 0.15) is 0 Å². The molecule has 1 saturated heterocycles. The Bertz CT molecular complexity index is 561. The molecule has 1 atom stereocenters. The Balaban J connectivity index is 1.97. The molecule has 3 N–H and O–H groups in total. The first kappa shape index (κ1) is 15.3. The molecule has 8 nitrogen and oxygen atoms in total. The van der Waals surface area contributed by atoms with E-state index in [0.29, 0.717) is 13.2 Å². The number of hydrogen-bond acceptors (Lipinski definition) is 4. The minimum Gasteiger partial charge on any atom is -0.479 e. The van der Waals surface area contributed by atoms with Gasteiger partial charge < -0.3 is 20.5 Å². The topological polar surface area (TPSA) is 105 Å². The SMILES string of the molecule is Cc1nn(C)c(C)c1CNC(=O)NC1(C(=O)O)CCOC1. The Kier molecular flexibility index (Phi) is 4.17. The molecule has 116 valence electrons. The lowest BCUT2D eigenvalue weighted by Gasteiger charge is -2.23. The van der Waals surface area contributed by atoms with Gasteiger partial charge in [-0.25, -0.2) is 9.59 Å². The Morgan fingerprint density at radius 1 is 1.48 bits per heavy atom. The van der Waals surface area contributed by atoms with Crippen LogP contribution in [0.2, 0.25) is 0 Å². The van der Waals surface area contributed by atoms with Gasteiger partial charge in [-0.1, -0.05) is 0 Å². The smallest absolute Gasteiger partial charge is 0.332 e. The van der Waals surface area contributed by atoms with Crippen molar-refractivity contribution in [2.24, 2.45) is 7.05 Å². The maximum Gasteiger partial charge on any atom is 0.332 e. The van der Waals surface area contributed by atoms with Crippen LogP contribution in [0.25, 0.3) is 0 Å². The van der Waals surface area contributed by atoms with Crippen molar-refractivity contribution in [3.05, 3.63) is 17.0 Å². The molecule has 0 aromatic carbocycles. The standard InChI is InChI=1S/C13H20N4O4/c1-8-10(9(2)17(3)16-8)6-14-12(20)15-13(11(18)19)4-5-21-7-13/h4-7H2,1-3H3,(H,18,19)(H2,14,15,20). The Labute approximate surface area is 122 Å². The lowest BCUT2D eigenvalue weighted by molar-refractivity contribution is -0.144. The maximum absolute atomic E-state index is 11.9. The molecule has 0 radical (unpaired) electrons. The second kappa shape index (κ2) is 5.72. The molecule has 8 heteroatoms. The van der Waals surface area contributed by atoms with Crippen LogP contribution in [0.3, 0.4) is 0 Å². The van der Waals surface area contributed by atoms with Gasteiger partial charge in [0.2, 0.25) is 0 Å². The summed E-state index contributed by atoms with van der Waals surface area (Å²) in [6, 6.07) is -0.523. The third kappa shape index (κ3) is 2.99. The van der Waals surface area contributed by atoms with Gasteiger partial charge >= 0.3 is 12.0 Å². The van der Waals surface area contributed by atoms with Gasteiger partial charge in [0.15, 0.2) is 5.54 Å². The highest BCUT2D eigenvalue weighted by Gasteiger charge is 2.44. The van der Waals surface area contributed by atoms with E-state index in [4.69, 9.17) is 4.74 Å². The molecule has 0 bridgehead atoms. The average molecular weight is 296 g/mol. The monoisotopic (exact) mass is 296 g/mol. The third-order valence-electron chi connectivity index (χ3n) is 3.87. The molecule has 1 aliphatic rings. The predicted molar refractivity (Wildman–Crippen MR) is 73.9 cm³/mol. The number of amides is 2. The van der Waals surface area contributed by atoms with Crippen LogP contribution < -0.4 is 10.6 Å². The second-order valence-corrected chi connectivity index (χ2v) is 5.27. The number of carbonyl (C=O) groups is 2. The molecule has 21 heavy (non-hydrogen) atoms. The molecule has 2 rings (SSSR count). The average Bonchev–Trinajstić information content (AvgIpc) is 2.96. The van der Waals surface area contributed by atoms with Gasteiger partial charge in [-0.2, -0.15) is 5.10 Å². The summed E-state index contributed by atoms with van der Waals surface area (Å²) in [4.78, 5) is 23.3. The quantitative estimate of drug-likeness (QED) is 0.729. The van der Waals surface area contributed by atoms with Crippen molar-refractivity contribution >= 4 is 12.0 Å². The summed E-state index contributed by atoms with van der Waals surface area (Å²) in [7, 11) is 1.83. The van der Waals surface area contributed by atoms with Crippen molar-refractivity contribution in [3.8, 4) is 0 Å². The van der Waals surface area contributed by atoms with E-state index < -0.39 is 17.5 Å². The van der Waals surface area contributed by atoms with E-state index in [9.17, 15) is 14.7 Å². The lowest BCUT2D eigenvalue weighted by atomic mass is 9.99. The second-order valence-electron chi connectivity index (χ2n) is 5.27. The van der Waals surface area contributed by atoms with Gasteiger partial charge in [0, 0.05) is 37.9 Å².